The maximum atomic E-state index is 11.3. The Morgan fingerprint density at radius 3 is 2.85 bits per heavy atom. The minimum atomic E-state index is -0.0677. The number of carbonyl (C=O) groups excluding carboxylic acids is 1. The summed E-state index contributed by atoms with van der Waals surface area (Å²) in [6.45, 7) is 4.46. The molecule has 1 aromatic heterocycles. The molecule has 0 unspecified atom stereocenters. The van der Waals surface area contributed by atoms with Crippen molar-refractivity contribution in [3.8, 4) is 0 Å². The Hall–Kier alpha value is -1.22. The SMILES string of the molecule is CCOCC(=O)c1ccc(C)cn1. The van der Waals surface area contributed by atoms with Gasteiger partial charge in [0.1, 0.15) is 12.3 Å². The third-order valence-electron chi connectivity index (χ3n) is 1.63. The maximum absolute atomic E-state index is 11.3. The molecule has 0 atom stereocenters. The highest BCUT2D eigenvalue weighted by Gasteiger charge is 2.05. The van der Waals surface area contributed by atoms with Gasteiger partial charge in [-0.3, -0.25) is 9.78 Å². The van der Waals surface area contributed by atoms with Crippen molar-refractivity contribution in [2.75, 3.05) is 13.2 Å². The monoisotopic (exact) mass is 179 g/mol. The third-order valence-corrected chi connectivity index (χ3v) is 1.63. The predicted octanol–water partition coefficient (Wildman–Crippen LogP) is 1.61. The van der Waals surface area contributed by atoms with Crippen molar-refractivity contribution in [2.45, 2.75) is 13.8 Å². The van der Waals surface area contributed by atoms with Gasteiger partial charge in [0.25, 0.3) is 0 Å². The van der Waals surface area contributed by atoms with Crippen LogP contribution in [0.5, 0.6) is 0 Å². The van der Waals surface area contributed by atoms with Crippen LogP contribution in [0.15, 0.2) is 18.3 Å². The van der Waals surface area contributed by atoms with Crippen molar-refractivity contribution in [2.24, 2.45) is 0 Å². The Labute approximate surface area is 77.8 Å². The van der Waals surface area contributed by atoms with Gasteiger partial charge < -0.3 is 4.74 Å². The first-order valence-corrected chi connectivity index (χ1v) is 4.27. The van der Waals surface area contributed by atoms with Crippen molar-refractivity contribution in [1.29, 1.82) is 0 Å². The Morgan fingerprint density at radius 2 is 2.31 bits per heavy atom. The van der Waals surface area contributed by atoms with E-state index in [1.165, 1.54) is 0 Å². The average Bonchev–Trinajstić information content (AvgIpc) is 2.15. The number of rotatable bonds is 4. The first kappa shape index (κ1) is 9.86. The van der Waals surface area contributed by atoms with Gasteiger partial charge in [-0.15, -0.1) is 0 Å². The van der Waals surface area contributed by atoms with Crippen LogP contribution in [0, 0.1) is 6.92 Å². The Bertz CT molecular complexity index is 279. The van der Waals surface area contributed by atoms with E-state index in [-0.39, 0.29) is 12.4 Å². The van der Waals surface area contributed by atoms with Crippen molar-refractivity contribution in [3.63, 3.8) is 0 Å². The van der Waals surface area contributed by atoms with Gasteiger partial charge in [-0.25, -0.2) is 0 Å². The average molecular weight is 179 g/mol. The third kappa shape index (κ3) is 2.95. The van der Waals surface area contributed by atoms with Crippen LogP contribution in [0.2, 0.25) is 0 Å². The number of aromatic nitrogens is 1. The summed E-state index contributed by atoms with van der Waals surface area (Å²) in [5.41, 5.74) is 1.52. The molecule has 0 aliphatic heterocycles. The minimum Gasteiger partial charge on any atom is -0.374 e. The van der Waals surface area contributed by atoms with Crippen LogP contribution < -0.4 is 0 Å². The number of ketones is 1. The molecule has 0 saturated heterocycles. The smallest absolute Gasteiger partial charge is 0.206 e. The molecule has 1 heterocycles. The van der Waals surface area contributed by atoms with Crippen LogP contribution in [-0.2, 0) is 4.74 Å². The van der Waals surface area contributed by atoms with Crippen molar-refractivity contribution in [1.82, 2.24) is 4.98 Å². The summed E-state index contributed by atoms with van der Waals surface area (Å²) in [6.07, 6.45) is 1.68. The molecule has 1 rings (SSSR count). The first-order valence-electron chi connectivity index (χ1n) is 4.27. The number of ether oxygens (including phenoxy) is 1. The fourth-order valence-electron chi connectivity index (χ4n) is 0.901. The number of Topliss-reactive ketones (excluding diaryl/α,β-unsaturated/α-hetero) is 1. The lowest BCUT2D eigenvalue weighted by molar-refractivity contribution is 0.0778. The van der Waals surface area contributed by atoms with Gasteiger partial charge in [-0.05, 0) is 25.5 Å². The lowest BCUT2D eigenvalue weighted by atomic mass is 10.2. The van der Waals surface area contributed by atoms with Gasteiger partial charge in [-0.2, -0.15) is 0 Å². The highest BCUT2D eigenvalue weighted by Crippen LogP contribution is 1.99. The van der Waals surface area contributed by atoms with Crippen LogP contribution >= 0.6 is 0 Å². The molecule has 0 aromatic carbocycles. The molecule has 13 heavy (non-hydrogen) atoms. The van der Waals surface area contributed by atoms with Crippen LogP contribution in [0.25, 0.3) is 0 Å². The van der Waals surface area contributed by atoms with Gasteiger partial charge in [0.15, 0.2) is 0 Å². The summed E-state index contributed by atoms with van der Waals surface area (Å²) < 4.78 is 4.99. The lowest BCUT2D eigenvalue weighted by Gasteiger charge is -2.00. The Balaban J connectivity index is 2.61. The molecule has 70 valence electrons. The number of carbonyl (C=O) groups is 1. The van der Waals surface area contributed by atoms with Crippen LogP contribution in [0.3, 0.4) is 0 Å². The Kier molecular flexibility index (Phi) is 3.58. The predicted molar refractivity (Wildman–Crippen MR) is 49.8 cm³/mol. The normalized spacial score (nSPS) is 10.0. The molecule has 1 aromatic rings. The summed E-state index contributed by atoms with van der Waals surface area (Å²) >= 11 is 0. The van der Waals surface area contributed by atoms with E-state index in [0.717, 1.165) is 5.56 Å². The van der Waals surface area contributed by atoms with Crippen molar-refractivity contribution < 1.29 is 9.53 Å². The van der Waals surface area contributed by atoms with Crippen LogP contribution in [0.1, 0.15) is 23.0 Å². The van der Waals surface area contributed by atoms with Gasteiger partial charge in [0.2, 0.25) is 5.78 Å². The highest BCUT2D eigenvalue weighted by atomic mass is 16.5. The highest BCUT2D eigenvalue weighted by molar-refractivity contribution is 5.95. The largest absolute Gasteiger partial charge is 0.374 e. The molecular weight excluding hydrogens is 166 g/mol. The molecule has 0 bridgehead atoms. The lowest BCUT2D eigenvalue weighted by Crippen LogP contribution is -2.10. The summed E-state index contributed by atoms with van der Waals surface area (Å²) in [6, 6.07) is 3.59. The summed E-state index contributed by atoms with van der Waals surface area (Å²) in [4.78, 5) is 15.3. The molecule has 0 N–H and O–H groups in total. The molecule has 0 spiro atoms. The van der Waals surface area contributed by atoms with Crippen molar-refractivity contribution in [3.05, 3.63) is 29.6 Å². The van der Waals surface area contributed by atoms with Gasteiger partial charge in [0.05, 0.1) is 0 Å². The number of pyridine rings is 1. The second kappa shape index (κ2) is 4.72. The van der Waals surface area contributed by atoms with Crippen LogP contribution in [-0.4, -0.2) is 24.0 Å². The van der Waals surface area contributed by atoms with E-state index in [2.05, 4.69) is 4.98 Å². The van der Waals surface area contributed by atoms with E-state index >= 15 is 0 Å². The number of aryl methyl sites for hydroxylation is 1. The second-order valence-electron chi connectivity index (χ2n) is 2.78. The molecule has 0 aliphatic rings. The topological polar surface area (TPSA) is 39.2 Å². The van der Waals surface area contributed by atoms with Crippen LogP contribution in [0.4, 0.5) is 0 Å². The fraction of sp³-hybridized carbons (Fsp3) is 0.400. The fourth-order valence-corrected chi connectivity index (χ4v) is 0.901. The van der Waals surface area contributed by atoms with E-state index in [9.17, 15) is 4.79 Å². The standard InChI is InChI=1S/C10H13NO2/c1-3-13-7-10(12)9-5-4-8(2)6-11-9/h4-6H,3,7H2,1-2H3. The molecule has 0 aliphatic carbocycles. The Morgan fingerprint density at radius 1 is 1.54 bits per heavy atom. The quantitative estimate of drug-likeness (QED) is 0.659. The number of hydrogen-bond donors (Lipinski definition) is 0. The van der Waals surface area contributed by atoms with Gasteiger partial charge in [-0.1, -0.05) is 6.07 Å². The molecule has 0 fully saturated rings. The van der Waals surface area contributed by atoms with Crippen molar-refractivity contribution >= 4 is 5.78 Å². The summed E-state index contributed by atoms with van der Waals surface area (Å²) in [5.74, 6) is -0.0677. The molecular formula is C10H13NO2. The molecule has 3 heteroatoms. The minimum absolute atomic E-state index is 0.0677. The maximum Gasteiger partial charge on any atom is 0.206 e. The van der Waals surface area contributed by atoms with Gasteiger partial charge in [0, 0.05) is 12.8 Å². The van der Waals surface area contributed by atoms with E-state index in [4.69, 9.17) is 4.74 Å². The second-order valence-corrected chi connectivity index (χ2v) is 2.78. The zero-order valence-electron chi connectivity index (χ0n) is 7.91. The molecule has 0 saturated carbocycles. The van der Waals surface area contributed by atoms with E-state index in [1.54, 1.807) is 12.3 Å². The summed E-state index contributed by atoms with van der Waals surface area (Å²) in [7, 11) is 0. The zero-order chi connectivity index (χ0) is 9.68. The first-order chi connectivity index (χ1) is 6.24. The van der Waals surface area contributed by atoms with E-state index < -0.39 is 0 Å². The zero-order valence-corrected chi connectivity index (χ0v) is 7.91. The molecule has 0 amide bonds. The summed E-state index contributed by atoms with van der Waals surface area (Å²) in [5, 5.41) is 0. The van der Waals surface area contributed by atoms with E-state index in [1.807, 2.05) is 19.9 Å². The van der Waals surface area contributed by atoms with E-state index in [0.29, 0.717) is 12.3 Å². The number of hydrogen-bond acceptors (Lipinski definition) is 3. The number of nitrogens with zero attached hydrogens (tertiary/aromatic N) is 1. The van der Waals surface area contributed by atoms with Gasteiger partial charge >= 0.3 is 0 Å². The molecule has 0 radical (unpaired) electrons. The molecule has 3 nitrogen and oxygen atoms in total.